The Kier molecular flexibility index (Phi) is 5.22. The quantitative estimate of drug-likeness (QED) is 0.773. The summed E-state index contributed by atoms with van der Waals surface area (Å²) in [7, 11) is 0. The lowest BCUT2D eigenvalue weighted by atomic mass is 9.96. The van der Waals surface area contributed by atoms with E-state index in [1.165, 1.54) is 6.07 Å². The molecule has 2 heterocycles. The first-order valence-electron chi connectivity index (χ1n) is 9.71. The van der Waals surface area contributed by atoms with Gasteiger partial charge in [-0.3, -0.25) is 9.59 Å². The molecule has 5 nitrogen and oxygen atoms in total. The van der Waals surface area contributed by atoms with Crippen LogP contribution in [0.4, 0.5) is 8.78 Å². The van der Waals surface area contributed by atoms with Crippen molar-refractivity contribution in [1.82, 2.24) is 10.3 Å². The van der Waals surface area contributed by atoms with Crippen LogP contribution in [0, 0.1) is 6.92 Å². The second-order valence-electron chi connectivity index (χ2n) is 7.58. The minimum Gasteiger partial charge on any atom is -0.435 e. The number of ether oxygens (including phenoxy) is 1. The molecule has 152 valence electrons. The van der Waals surface area contributed by atoms with E-state index in [1.54, 1.807) is 19.1 Å². The molecule has 1 saturated carbocycles. The van der Waals surface area contributed by atoms with Crippen molar-refractivity contribution in [3.63, 3.8) is 0 Å². The van der Waals surface area contributed by atoms with Crippen molar-refractivity contribution in [1.29, 1.82) is 0 Å². The van der Waals surface area contributed by atoms with Crippen LogP contribution in [0.3, 0.4) is 0 Å². The summed E-state index contributed by atoms with van der Waals surface area (Å²) < 4.78 is 29.7. The Morgan fingerprint density at radius 1 is 1.17 bits per heavy atom. The van der Waals surface area contributed by atoms with E-state index in [9.17, 15) is 18.4 Å². The van der Waals surface area contributed by atoms with Gasteiger partial charge in [0.15, 0.2) is 0 Å². The van der Waals surface area contributed by atoms with Crippen LogP contribution >= 0.6 is 0 Å². The van der Waals surface area contributed by atoms with Gasteiger partial charge < -0.3 is 15.0 Å². The van der Waals surface area contributed by atoms with Gasteiger partial charge in [-0.25, -0.2) is 0 Å². The average molecular weight is 400 g/mol. The van der Waals surface area contributed by atoms with E-state index in [1.807, 2.05) is 18.2 Å². The highest BCUT2D eigenvalue weighted by Gasteiger charge is 2.27. The highest BCUT2D eigenvalue weighted by molar-refractivity contribution is 5.82. The number of H-pyrrole nitrogens is 1. The summed E-state index contributed by atoms with van der Waals surface area (Å²) in [6, 6.07) is 8.49. The van der Waals surface area contributed by atoms with Crippen molar-refractivity contribution in [2.45, 2.75) is 51.2 Å². The predicted molar refractivity (Wildman–Crippen MR) is 105 cm³/mol. The Morgan fingerprint density at radius 2 is 1.97 bits per heavy atom. The van der Waals surface area contributed by atoms with Crippen LogP contribution in [-0.4, -0.2) is 23.5 Å². The Hall–Kier alpha value is -2.96. The Balaban J connectivity index is 1.74. The third-order valence-corrected chi connectivity index (χ3v) is 5.35. The topological polar surface area (TPSA) is 71.2 Å². The number of benzene rings is 1. The van der Waals surface area contributed by atoms with Gasteiger partial charge in [-0.15, -0.1) is 0 Å². The number of aromatic nitrogens is 1. The van der Waals surface area contributed by atoms with Crippen molar-refractivity contribution in [3.05, 3.63) is 69.1 Å². The first-order chi connectivity index (χ1) is 13.9. The molecule has 0 bridgehead atoms. The van der Waals surface area contributed by atoms with Gasteiger partial charge in [0.25, 0.3) is 5.56 Å². The monoisotopic (exact) mass is 400 g/mol. The standard InChI is InChI=1S/C22H22F2N2O3/c1-12-10-14(4-8-19(12)29-22(23)24)17(11-15-5-9-20(27)25-15)18-7-6-16(13-2-3-13)21(28)26-18/h4,6-8,10-11,13,15,22H,2-3,5,9H2,1H3,(H,25,27)(H,26,28)/b17-11-/t15-/m1/s1. The van der Waals surface area contributed by atoms with Gasteiger partial charge in [0.05, 0.1) is 0 Å². The molecule has 1 saturated heterocycles. The molecule has 1 amide bonds. The maximum absolute atomic E-state index is 12.6. The minimum absolute atomic E-state index is 0.0139. The zero-order valence-electron chi connectivity index (χ0n) is 16.0. The second-order valence-corrected chi connectivity index (χ2v) is 7.58. The van der Waals surface area contributed by atoms with Gasteiger partial charge >= 0.3 is 6.61 Å². The summed E-state index contributed by atoms with van der Waals surface area (Å²) in [5, 5.41) is 2.90. The molecule has 29 heavy (non-hydrogen) atoms. The molecule has 4 rings (SSSR count). The van der Waals surface area contributed by atoms with Crippen LogP contribution in [0.2, 0.25) is 0 Å². The molecule has 0 unspecified atom stereocenters. The highest BCUT2D eigenvalue weighted by Crippen LogP contribution is 2.38. The van der Waals surface area contributed by atoms with E-state index in [4.69, 9.17) is 0 Å². The Bertz CT molecular complexity index is 1020. The fourth-order valence-electron chi connectivity index (χ4n) is 3.71. The van der Waals surface area contributed by atoms with Gasteiger partial charge in [0.1, 0.15) is 5.75 Å². The third kappa shape index (κ3) is 4.39. The van der Waals surface area contributed by atoms with Crippen molar-refractivity contribution in [2.75, 3.05) is 0 Å². The number of carbonyl (C=O) groups is 1. The molecule has 0 spiro atoms. The molecule has 1 aromatic heterocycles. The lowest BCUT2D eigenvalue weighted by molar-refractivity contribution is -0.119. The summed E-state index contributed by atoms with van der Waals surface area (Å²) in [6.45, 7) is -1.20. The number of aromatic amines is 1. The largest absolute Gasteiger partial charge is 0.435 e. The number of hydrogen-bond acceptors (Lipinski definition) is 3. The molecule has 2 fully saturated rings. The minimum atomic E-state index is -2.89. The molecule has 2 N–H and O–H groups in total. The van der Waals surface area contributed by atoms with E-state index >= 15 is 0 Å². The molecular weight excluding hydrogens is 378 g/mol. The van der Waals surface area contributed by atoms with Crippen LogP contribution in [0.5, 0.6) is 5.75 Å². The van der Waals surface area contributed by atoms with Crippen LogP contribution < -0.4 is 15.6 Å². The normalized spacial score (nSPS) is 19.5. The number of halogens is 2. The molecule has 2 aliphatic rings. The van der Waals surface area contributed by atoms with Crippen LogP contribution in [-0.2, 0) is 4.79 Å². The second kappa shape index (κ2) is 7.81. The third-order valence-electron chi connectivity index (χ3n) is 5.35. The molecule has 0 radical (unpaired) electrons. The van der Waals surface area contributed by atoms with E-state index in [-0.39, 0.29) is 23.3 Å². The first-order valence-corrected chi connectivity index (χ1v) is 9.71. The number of rotatable bonds is 6. The number of nitrogens with one attached hydrogen (secondary N) is 2. The SMILES string of the molecule is Cc1cc(/C(=C/[C@H]2CCC(=O)N2)c2ccc(C3CC3)c(=O)[nH]2)ccc1OC(F)F. The molecule has 1 aliphatic carbocycles. The summed E-state index contributed by atoms with van der Waals surface area (Å²) in [4.78, 5) is 27.1. The summed E-state index contributed by atoms with van der Waals surface area (Å²) in [6.07, 6.45) is 5.09. The van der Waals surface area contributed by atoms with Crippen molar-refractivity contribution in [3.8, 4) is 5.75 Å². The van der Waals surface area contributed by atoms with Crippen molar-refractivity contribution < 1.29 is 18.3 Å². The Labute approximate surface area is 166 Å². The zero-order chi connectivity index (χ0) is 20.5. The van der Waals surface area contributed by atoms with E-state index in [0.717, 1.165) is 29.5 Å². The average Bonchev–Trinajstić information content (AvgIpc) is 3.42. The van der Waals surface area contributed by atoms with Gasteiger partial charge in [0, 0.05) is 29.3 Å². The van der Waals surface area contributed by atoms with Gasteiger partial charge in [-0.2, -0.15) is 8.78 Å². The number of amides is 1. The van der Waals surface area contributed by atoms with E-state index < -0.39 is 6.61 Å². The summed E-state index contributed by atoms with van der Waals surface area (Å²) in [5.74, 6) is 0.428. The number of alkyl halides is 2. The highest BCUT2D eigenvalue weighted by atomic mass is 19.3. The molecule has 1 aliphatic heterocycles. The smallest absolute Gasteiger partial charge is 0.387 e. The van der Waals surface area contributed by atoms with Crippen LogP contribution in [0.25, 0.3) is 5.57 Å². The molecule has 1 aromatic carbocycles. The van der Waals surface area contributed by atoms with E-state index in [2.05, 4.69) is 15.0 Å². The van der Waals surface area contributed by atoms with Crippen molar-refractivity contribution in [2.24, 2.45) is 0 Å². The lowest BCUT2D eigenvalue weighted by Crippen LogP contribution is -2.23. The maximum Gasteiger partial charge on any atom is 0.387 e. The molecule has 2 aromatic rings. The Morgan fingerprint density at radius 3 is 2.55 bits per heavy atom. The van der Waals surface area contributed by atoms with Crippen LogP contribution in [0.15, 0.2) is 41.2 Å². The summed E-state index contributed by atoms with van der Waals surface area (Å²) >= 11 is 0. The fourth-order valence-corrected chi connectivity index (χ4v) is 3.71. The number of hydrogen-bond donors (Lipinski definition) is 2. The summed E-state index contributed by atoms with van der Waals surface area (Å²) in [5.41, 5.74) is 3.35. The molecule has 7 heteroatoms. The van der Waals surface area contributed by atoms with Gasteiger partial charge in [0.2, 0.25) is 5.91 Å². The van der Waals surface area contributed by atoms with E-state index in [0.29, 0.717) is 30.0 Å². The molecule has 1 atom stereocenters. The number of carbonyl (C=O) groups excluding carboxylic acids is 1. The molecular formula is C22H22F2N2O3. The predicted octanol–water partition coefficient (Wildman–Crippen LogP) is 3.87. The zero-order valence-corrected chi connectivity index (χ0v) is 16.0. The maximum atomic E-state index is 12.6. The van der Waals surface area contributed by atoms with Crippen LogP contribution in [0.1, 0.15) is 54.0 Å². The number of aryl methyl sites for hydroxylation is 1. The lowest BCUT2D eigenvalue weighted by Gasteiger charge is -2.15. The fraction of sp³-hybridized carbons (Fsp3) is 0.364. The van der Waals surface area contributed by atoms with Crippen molar-refractivity contribution >= 4 is 11.5 Å². The number of pyridine rings is 1. The first kappa shape index (κ1) is 19.4. The van der Waals surface area contributed by atoms with Gasteiger partial charge in [-0.1, -0.05) is 18.2 Å². The van der Waals surface area contributed by atoms with Gasteiger partial charge in [-0.05, 0) is 61.4 Å².